The van der Waals surface area contributed by atoms with Crippen molar-refractivity contribution in [1.82, 2.24) is 5.32 Å². The molecule has 0 radical (unpaired) electrons. The van der Waals surface area contributed by atoms with E-state index in [4.69, 9.17) is 5.73 Å². The van der Waals surface area contributed by atoms with Crippen LogP contribution < -0.4 is 11.1 Å². The highest BCUT2D eigenvalue weighted by atomic mass is 16.1. The molecule has 0 aromatic carbocycles. The first-order valence-corrected chi connectivity index (χ1v) is 7.81. The molecule has 3 heteroatoms. The summed E-state index contributed by atoms with van der Waals surface area (Å²) in [6, 6.07) is 0.222. The minimum Gasteiger partial charge on any atom is -0.352 e. The Morgan fingerprint density at radius 1 is 1.00 bits per heavy atom. The molecule has 3 nitrogen and oxygen atoms in total. The molecule has 18 heavy (non-hydrogen) atoms. The van der Waals surface area contributed by atoms with E-state index in [1.165, 1.54) is 51.4 Å². The van der Waals surface area contributed by atoms with E-state index in [0.717, 1.165) is 12.8 Å². The van der Waals surface area contributed by atoms with Crippen LogP contribution in [0.15, 0.2) is 0 Å². The molecular formula is C15H28N2O. The zero-order chi connectivity index (χ0) is 12.8. The van der Waals surface area contributed by atoms with Crippen molar-refractivity contribution < 1.29 is 4.79 Å². The number of carbonyl (C=O) groups is 1. The van der Waals surface area contributed by atoms with Crippen LogP contribution in [-0.4, -0.2) is 18.5 Å². The monoisotopic (exact) mass is 252 g/mol. The normalized spacial score (nSPS) is 24.7. The van der Waals surface area contributed by atoms with Crippen LogP contribution in [0.4, 0.5) is 0 Å². The first-order chi connectivity index (χ1) is 8.81. The van der Waals surface area contributed by atoms with Crippen molar-refractivity contribution in [2.24, 2.45) is 17.6 Å². The summed E-state index contributed by atoms with van der Waals surface area (Å²) in [5, 5.41) is 3.24. The second-order valence-corrected chi connectivity index (χ2v) is 6.08. The van der Waals surface area contributed by atoms with Gasteiger partial charge in [0.1, 0.15) is 0 Å². The average Bonchev–Trinajstić information content (AvgIpc) is 2.46. The Bertz CT molecular complexity index is 255. The smallest absolute Gasteiger partial charge is 0.223 e. The molecular weight excluding hydrogens is 224 g/mol. The third-order valence-electron chi connectivity index (χ3n) is 4.78. The fourth-order valence-electron chi connectivity index (χ4n) is 3.57. The highest BCUT2D eigenvalue weighted by molar-refractivity contribution is 5.79. The van der Waals surface area contributed by atoms with Crippen molar-refractivity contribution >= 4 is 5.91 Å². The molecule has 0 bridgehead atoms. The Morgan fingerprint density at radius 3 is 2.11 bits per heavy atom. The van der Waals surface area contributed by atoms with E-state index < -0.39 is 0 Å². The van der Waals surface area contributed by atoms with E-state index in [1.807, 2.05) is 0 Å². The van der Waals surface area contributed by atoms with Crippen LogP contribution in [0.2, 0.25) is 0 Å². The summed E-state index contributed by atoms with van der Waals surface area (Å²) in [6.07, 6.45) is 12.3. The molecule has 3 N–H and O–H groups in total. The number of nitrogens with two attached hydrogens (primary N) is 1. The second-order valence-electron chi connectivity index (χ2n) is 6.08. The number of amides is 1. The molecule has 0 aromatic rings. The van der Waals surface area contributed by atoms with Crippen LogP contribution in [0.1, 0.15) is 64.2 Å². The molecule has 2 aliphatic carbocycles. The van der Waals surface area contributed by atoms with Crippen LogP contribution in [0, 0.1) is 11.8 Å². The molecule has 104 valence electrons. The molecule has 1 amide bonds. The summed E-state index contributed by atoms with van der Waals surface area (Å²) in [7, 11) is 0. The summed E-state index contributed by atoms with van der Waals surface area (Å²) < 4.78 is 0. The van der Waals surface area contributed by atoms with Gasteiger partial charge in [0.2, 0.25) is 5.91 Å². The number of hydrogen-bond acceptors (Lipinski definition) is 2. The molecule has 0 saturated heterocycles. The fourth-order valence-corrected chi connectivity index (χ4v) is 3.57. The van der Waals surface area contributed by atoms with E-state index in [-0.39, 0.29) is 17.9 Å². The third kappa shape index (κ3) is 3.71. The molecule has 2 aliphatic rings. The quantitative estimate of drug-likeness (QED) is 0.808. The Kier molecular flexibility index (Phi) is 5.48. The molecule has 2 rings (SSSR count). The van der Waals surface area contributed by atoms with Crippen molar-refractivity contribution in [2.75, 3.05) is 6.54 Å². The van der Waals surface area contributed by atoms with Gasteiger partial charge in [-0.25, -0.2) is 0 Å². The summed E-state index contributed by atoms with van der Waals surface area (Å²) in [4.78, 5) is 12.2. The lowest BCUT2D eigenvalue weighted by molar-refractivity contribution is -0.127. The van der Waals surface area contributed by atoms with Gasteiger partial charge in [0.15, 0.2) is 0 Å². The van der Waals surface area contributed by atoms with Gasteiger partial charge in [-0.05, 0) is 31.6 Å². The number of carbonyl (C=O) groups excluding carboxylic acids is 1. The number of rotatable bonds is 4. The van der Waals surface area contributed by atoms with E-state index in [0.29, 0.717) is 12.5 Å². The molecule has 1 unspecified atom stereocenters. The number of hydrogen-bond donors (Lipinski definition) is 2. The largest absolute Gasteiger partial charge is 0.352 e. The standard InChI is InChI=1S/C15H28N2O/c16-11-14(12-7-3-1-4-8-12)17-15(18)13-9-5-2-6-10-13/h12-14H,1-11,16H2,(H,17,18). The van der Waals surface area contributed by atoms with Crippen molar-refractivity contribution in [3.05, 3.63) is 0 Å². The van der Waals surface area contributed by atoms with Crippen LogP contribution in [0.5, 0.6) is 0 Å². The van der Waals surface area contributed by atoms with Crippen LogP contribution in [0.3, 0.4) is 0 Å². The maximum atomic E-state index is 12.2. The highest BCUT2D eigenvalue weighted by Crippen LogP contribution is 2.28. The lowest BCUT2D eigenvalue weighted by Crippen LogP contribution is -2.48. The van der Waals surface area contributed by atoms with E-state index in [9.17, 15) is 4.79 Å². The molecule has 0 heterocycles. The highest BCUT2D eigenvalue weighted by Gasteiger charge is 2.27. The zero-order valence-electron chi connectivity index (χ0n) is 11.5. The van der Waals surface area contributed by atoms with Crippen LogP contribution >= 0.6 is 0 Å². The Morgan fingerprint density at radius 2 is 1.56 bits per heavy atom. The maximum absolute atomic E-state index is 12.2. The third-order valence-corrected chi connectivity index (χ3v) is 4.78. The van der Waals surface area contributed by atoms with Gasteiger partial charge in [-0.2, -0.15) is 0 Å². The van der Waals surface area contributed by atoms with Crippen LogP contribution in [-0.2, 0) is 4.79 Å². The van der Waals surface area contributed by atoms with E-state index >= 15 is 0 Å². The molecule has 0 aliphatic heterocycles. The predicted molar refractivity (Wildman–Crippen MR) is 74.1 cm³/mol. The summed E-state index contributed by atoms with van der Waals surface area (Å²) in [5.74, 6) is 1.16. The Hall–Kier alpha value is -0.570. The Labute approximate surface area is 111 Å². The van der Waals surface area contributed by atoms with Crippen molar-refractivity contribution in [3.63, 3.8) is 0 Å². The minimum atomic E-state index is 0.222. The van der Waals surface area contributed by atoms with Gasteiger partial charge < -0.3 is 11.1 Å². The lowest BCUT2D eigenvalue weighted by atomic mass is 9.83. The second kappa shape index (κ2) is 7.13. The van der Waals surface area contributed by atoms with Crippen molar-refractivity contribution in [1.29, 1.82) is 0 Å². The molecule has 1 atom stereocenters. The number of nitrogens with one attached hydrogen (secondary N) is 1. The first kappa shape index (κ1) is 13.9. The predicted octanol–water partition coefficient (Wildman–Crippen LogP) is 2.59. The zero-order valence-corrected chi connectivity index (χ0v) is 11.5. The summed E-state index contributed by atoms with van der Waals surface area (Å²) >= 11 is 0. The fraction of sp³-hybridized carbons (Fsp3) is 0.933. The van der Waals surface area contributed by atoms with Crippen molar-refractivity contribution in [2.45, 2.75) is 70.3 Å². The topological polar surface area (TPSA) is 55.1 Å². The average molecular weight is 252 g/mol. The summed E-state index contributed by atoms with van der Waals surface area (Å²) in [5.41, 5.74) is 5.87. The maximum Gasteiger partial charge on any atom is 0.223 e. The first-order valence-electron chi connectivity index (χ1n) is 7.81. The van der Waals surface area contributed by atoms with E-state index in [1.54, 1.807) is 0 Å². The molecule has 2 saturated carbocycles. The van der Waals surface area contributed by atoms with Gasteiger partial charge in [0.05, 0.1) is 0 Å². The van der Waals surface area contributed by atoms with Gasteiger partial charge in [-0.3, -0.25) is 4.79 Å². The van der Waals surface area contributed by atoms with Crippen molar-refractivity contribution in [3.8, 4) is 0 Å². The van der Waals surface area contributed by atoms with Gasteiger partial charge in [-0.1, -0.05) is 38.5 Å². The molecule has 0 aromatic heterocycles. The SMILES string of the molecule is NCC(NC(=O)C1CCCCC1)C1CCCCC1. The minimum absolute atomic E-state index is 0.222. The summed E-state index contributed by atoms with van der Waals surface area (Å²) in [6.45, 7) is 0.600. The molecule has 0 spiro atoms. The lowest BCUT2D eigenvalue weighted by Gasteiger charge is -2.32. The Balaban J connectivity index is 1.82. The van der Waals surface area contributed by atoms with E-state index in [2.05, 4.69) is 5.32 Å². The van der Waals surface area contributed by atoms with Gasteiger partial charge >= 0.3 is 0 Å². The van der Waals surface area contributed by atoms with Gasteiger partial charge in [-0.15, -0.1) is 0 Å². The van der Waals surface area contributed by atoms with Crippen LogP contribution in [0.25, 0.3) is 0 Å². The van der Waals surface area contributed by atoms with Gasteiger partial charge in [0, 0.05) is 18.5 Å². The molecule has 2 fully saturated rings. The van der Waals surface area contributed by atoms with Gasteiger partial charge in [0.25, 0.3) is 0 Å².